The van der Waals surface area contributed by atoms with Crippen LogP contribution in [-0.2, 0) is 16.0 Å². The van der Waals surface area contributed by atoms with Gasteiger partial charge in [0, 0.05) is 44.2 Å². The minimum atomic E-state index is -1.04. The van der Waals surface area contributed by atoms with Crippen LogP contribution >= 0.6 is 0 Å². The minimum absolute atomic E-state index is 0.238. The number of amides is 1. The normalized spacial score (nSPS) is 17.8. The lowest BCUT2D eigenvalue weighted by Crippen LogP contribution is -2.37. The Morgan fingerprint density at radius 3 is 2.75 bits per heavy atom. The largest absolute Gasteiger partial charge is 0.495 e. The lowest BCUT2D eigenvalue weighted by atomic mass is 10.1. The van der Waals surface area contributed by atoms with Gasteiger partial charge in [0.2, 0.25) is 0 Å². The number of aliphatic hydroxyl groups is 1. The van der Waals surface area contributed by atoms with E-state index >= 15 is 0 Å². The molecule has 0 aliphatic carbocycles. The van der Waals surface area contributed by atoms with Gasteiger partial charge in [0.1, 0.15) is 35.6 Å². The summed E-state index contributed by atoms with van der Waals surface area (Å²) in [6.07, 6.45) is 1.61. The van der Waals surface area contributed by atoms with E-state index in [1.807, 2.05) is 18.2 Å². The molecule has 0 spiro atoms. The number of hydrogen-bond donors (Lipinski definition) is 1. The summed E-state index contributed by atoms with van der Waals surface area (Å²) in [5.74, 6) is 1.62. The Balaban J connectivity index is 1.29. The first kappa shape index (κ1) is 27.4. The first-order valence-electron chi connectivity index (χ1n) is 13.4. The maximum atomic E-state index is 12.1. The summed E-state index contributed by atoms with van der Waals surface area (Å²) in [6.45, 7) is 5.42. The third-order valence-corrected chi connectivity index (χ3v) is 7.17. The van der Waals surface area contributed by atoms with Crippen LogP contribution in [0.4, 0.5) is 5.69 Å². The van der Waals surface area contributed by atoms with Gasteiger partial charge in [-0.25, -0.2) is 9.97 Å². The average Bonchev–Trinajstić information content (AvgIpc) is 3.45. The molecule has 1 unspecified atom stereocenters. The molecule has 0 radical (unpaired) electrons. The predicted octanol–water partition coefficient (Wildman–Crippen LogP) is 2.81. The van der Waals surface area contributed by atoms with Crippen molar-refractivity contribution in [2.45, 2.75) is 32.0 Å². The average molecular weight is 544 g/mol. The molecule has 2 aliphatic heterocycles. The minimum Gasteiger partial charge on any atom is -0.495 e. The van der Waals surface area contributed by atoms with Crippen molar-refractivity contribution in [2.24, 2.45) is 0 Å². The molecular formula is C30H33N5O5. The molecule has 3 aromatic rings. The van der Waals surface area contributed by atoms with Crippen molar-refractivity contribution in [1.82, 2.24) is 14.9 Å². The zero-order valence-electron chi connectivity index (χ0n) is 22.7. The van der Waals surface area contributed by atoms with Gasteiger partial charge in [0.25, 0.3) is 5.91 Å². The fourth-order valence-electron chi connectivity index (χ4n) is 5.07. The molecule has 1 amide bonds. The number of anilines is 1. The third-order valence-electron chi connectivity index (χ3n) is 7.17. The molecule has 0 saturated carbocycles. The molecule has 208 valence electrons. The molecule has 1 N–H and O–H groups in total. The number of carbonyl (C=O) groups is 1. The van der Waals surface area contributed by atoms with E-state index in [-0.39, 0.29) is 12.0 Å². The molecule has 10 nitrogen and oxygen atoms in total. The molecule has 2 aromatic carbocycles. The van der Waals surface area contributed by atoms with E-state index in [4.69, 9.17) is 19.2 Å². The summed E-state index contributed by atoms with van der Waals surface area (Å²) in [5, 5.41) is 19.4. The first-order valence-corrected chi connectivity index (χ1v) is 13.4. The molecule has 2 saturated heterocycles. The van der Waals surface area contributed by atoms with Gasteiger partial charge in [-0.1, -0.05) is 6.07 Å². The number of aromatic nitrogens is 2. The van der Waals surface area contributed by atoms with Gasteiger partial charge in [-0.2, -0.15) is 5.26 Å². The van der Waals surface area contributed by atoms with Gasteiger partial charge in [-0.05, 0) is 48.9 Å². The fourth-order valence-corrected chi connectivity index (χ4v) is 5.07. The molecular weight excluding hydrogens is 510 g/mol. The Morgan fingerprint density at radius 1 is 1.18 bits per heavy atom. The highest BCUT2D eigenvalue weighted by Gasteiger charge is 2.30. The van der Waals surface area contributed by atoms with Gasteiger partial charge in [0.15, 0.2) is 0 Å². The topological polar surface area (TPSA) is 121 Å². The Bertz CT molecular complexity index is 1400. The van der Waals surface area contributed by atoms with Crippen LogP contribution in [0.1, 0.15) is 30.3 Å². The SMILES string of the molecule is COc1cc(Cc2nccc(-c3ccc(OC4CCN(C(=O)[C@H](C)O)C4)c(C#N)c3)n2)ccc1N1CCOCC1. The van der Waals surface area contributed by atoms with Crippen molar-refractivity contribution < 1.29 is 24.1 Å². The summed E-state index contributed by atoms with van der Waals surface area (Å²) < 4.78 is 17.2. The molecule has 2 fully saturated rings. The van der Waals surface area contributed by atoms with Crippen LogP contribution in [0, 0.1) is 11.3 Å². The van der Waals surface area contributed by atoms with Crippen molar-refractivity contribution in [2.75, 3.05) is 51.4 Å². The summed E-state index contributed by atoms with van der Waals surface area (Å²) in [6, 6.07) is 15.6. The van der Waals surface area contributed by atoms with Crippen molar-refractivity contribution in [3.8, 4) is 28.8 Å². The summed E-state index contributed by atoms with van der Waals surface area (Å²) in [4.78, 5) is 25.2. The molecule has 0 bridgehead atoms. The number of likely N-dealkylation sites (tertiary alicyclic amines) is 1. The number of benzene rings is 2. The number of carbonyl (C=O) groups excluding carboxylic acids is 1. The van der Waals surface area contributed by atoms with Crippen LogP contribution in [0.25, 0.3) is 11.3 Å². The molecule has 2 aliphatic rings. The highest BCUT2D eigenvalue weighted by Crippen LogP contribution is 2.31. The van der Waals surface area contributed by atoms with Crippen LogP contribution in [0.15, 0.2) is 48.7 Å². The molecule has 3 heterocycles. The number of hydrogen-bond acceptors (Lipinski definition) is 9. The van der Waals surface area contributed by atoms with Crippen LogP contribution in [0.2, 0.25) is 0 Å². The Labute approximate surface area is 233 Å². The number of nitrogens with zero attached hydrogens (tertiary/aromatic N) is 5. The lowest BCUT2D eigenvalue weighted by molar-refractivity contribution is -0.138. The number of aliphatic hydroxyl groups excluding tert-OH is 1. The predicted molar refractivity (Wildman–Crippen MR) is 148 cm³/mol. The zero-order valence-corrected chi connectivity index (χ0v) is 22.7. The first-order chi connectivity index (χ1) is 19.4. The van der Waals surface area contributed by atoms with Crippen molar-refractivity contribution in [3.05, 3.63) is 65.6 Å². The third kappa shape index (κ3) is 6.17. The smallest absolute Gasteiger partial charge is 0.251 e. The zero-order chi connectivity index (χ0) is 28.1. The lowest BCUT2D eigenvalue weighted by Gasteiger charge is -2.30. The van der Waals surface area contributed by atoms with Gasteiger partial charge in [-0.15, -0.1) is 0 Å². The van der Waals surface area contributed by atoms with Gasteiger partial charge in [0.05, 0.1) is 43.8 Å². The number of nitriles is 1. The molecule has 2 atom stereocenters. The second kappa shape index (κ2) is 12.3. The highest BCUT2D eigenvalue weighted by atomic mass is 16.5. The van der Waals surface area contributed by atoms with Crippen LogP contribution in [-0.4, -0.2) is 84.6 Å². The molecule has 10 heteroatoms. The van der Waals surface area contributed by atoms with Crippen molar-refractivity contribution >= 4 is 11.6 Å². The number of ether oxygens (including phenoxy) is 3. The van der Waals surface area contributed by atoms with E-state index in [1.165, 1.54) is 6.92 Å². The highest BCUT2D eigenvalue weighted by molar-refractivity contribution is 5.80. The van der Waals surface area contributed by atoms with Crippen LogP contribution in [0.5, 0.6) is 11.5 Å². The quantitative estimate of drug-likeness (QED) is 0.457. The van der Waals surface area contributed by atoms with E-state index in [0.717, 1.165) is 35.7 Å². The maximum Gasteiger partial charge on any atom is 0.251 e. The maximum absolute atomic E-state index is 12.1. The van der Waals surface area contributed by atoms with Gasteiger partial charge < -0.3 is 29.1 Å². The summed E-state index contributed by atoms with van der Waals surface area (Å²) >= 11 is 0. The Kier molecular flexibility index (Phi) is 8.43. The van der Waals surface area contributed by atoms with E-state index in [2.05, 4.69) is 28.1 Å². The summed E-state index contributed by atoms with van der Waals surface area (Å²) in [7, 11) is 1.68. The van der Waals surface area contributed by atoms with Gasteiger partial charge in [-0.3, -0.25) is 4.79 Å². The molecule has 5 rings (SSSR count). The fraction of sp³-hybridized carbons (Fsp3) is 0.400. The van der Waals surface area contributed by atoms with Crippen molar-refractivity contribution in [3.63, 3.8) is 0 Å². The number of methoxy groups -OCH3 is 1. The van der Waals surface area contributed by atoms with E-state index in [0.29, 0.717) is 62.0 Å². The van der Waals surface area contributed by atoms with Crippen molar-refractivity contribution in [1.29, 1.82) is 5.26 Å². The second-order valence-corrected chi connectivity index (χ2v) is 9.95. The molecule has 1 aromatic heterocycles. The van der Waals surface area contributed by atoms with Crippen LogP contribution in [0.3, 0.4) is 0 Å². The van der Waals surface area contributed by atoms with E-state index < -0.39 is 6.10 Å². The number of morpholine rings is 1. The standard InChI is InChI=1S/C30H33N5O5/c1-20(36)30(37)35-10-8-24(19-35)40-27-6-4-22(17-23(27)18-31)25-7-9-32-29(33-25)16-21-3-5-26(28(15-21)38-2)34-11-13-39-14-12-34/h3-7,9,15,17,20,24,36H,8,10-14,16,19H2,1-2H3/t20-,24?/m0/s1. The van der Waals surface area contributed by atoms with Gasteiger partial charge >= 0.3 is 0 Å². The second-order valence-electron chi connectivity index (χ2n) is 9.95. The Morgan fingerprint density at radius 2 is 2.00 bits per heavy atom. The summed E-state index contributed by atoms with van der Waals surface area (Å²) in [5.41, 5.74) is 3.97. The number of rotatable bonds is 8. The monoisotopic (exact) mass is 543 g/mol. The Hall–Kier alpha value is -4.20. The van der Waals surface area contributed by atoms with E-state index in [1.54, 1.807) is 30.3 Å². The van der Waals surface area contributed by atoms with Crippen LogP contribution < -0.4 is 14.4 Å². The van der Waals surface area contributed by atoms with E-state index in [9.17, 15) is 15.2 Å². The molecule has 40 heavy (non-hydrogen) atoms.